The summed E-state index contributed by atoms with van der Waals surface area (Å²) in [5.74, 6) is 0. The molecule has 0 amide bonds. The van der Waals surface area contributed by atoms with Crippen LogP contribution in [0, 0.1) is 0 Å². The molecule has 0 aliphatic carbocycles. The SMILES string of the molecule is CCN=c1scc(-c2ccc(Br)cc2)n1N=Cc1cccc(C(F)(F)F)c1. The van der Waals surface area contributed by atoms with Crippen molar-refractivity contribution in [1.29, 1.82) is 0 Å². The zero-order chi connectivity index (χ0) is 19.4. The van der Waals surface area contributed by atoms with Gasteiger partial charge in [0.2, 0.25) is 4.80 Å². The van der Waals surface area contributed by atoms with E-state index in [-0.39, 0.29) is 0 Å². The number of halogens is 4. The summed E-state index contributed by atoms with van der Waals surface area (Å²) < 4.78 is 41.3. The third-order valence-electron chi connectivity index (χ3n) is 3.65. The highest BCUT2D eigenvalue weighted by Crippen LogP contribution is 2.29. The number of hydrogen-bond donors (Lipinski definition) is 0. The van der Waals surface area contributed by atoms with Gasteiger partial charge in [-0.05, 0) is 36.8 Å². The third-order valence-corrected chi connectivity index (χ3v) is 5.04. The molecule has 0 saturated heterocycles. The van der Waals surface area contributed by atoms with Crippen LogP contribution in [0.25, 0.3) is 11.3 Å². The molecule has 2 aromatic carbocycles. The Bertz CT molecular complexity index is 1020. The predicted octanol–water partition coefficient (Wildman–Crippen LogP) is 5.80. The first kappa shape index (κ1) is 19.6. The molecule has 3 aromatic rings. The average Bonchev–Trinajstić information content (AvgIpc) is 3.03. The zero-order valence-electron chi connectivity index (χ0n) is 14.2. The first-order valence-electron chi connectivity index (χ1n) is 8.07. The number of thiazole rings is 1. The van der Waals surface area contributed by atoms with Crippen molar-refractivity contribution < 1.29 is 13.2 Å². The minimum Gasteiger partial charge on any atom is -0.258 e. The Balaban J connectivity index is 2.03. The molecule has 0 unspecified atom stereocenters. The van der Waals surface area contributed by atoms with Crippen molar-refractivity contribution in [2.45, 2.75) is 13.1 Å². The quantitative estimate of drug-likeness (QED) is 0.446. The van der Waals surface area contributed by atoms with Crippen LogP contribution in [0.1, 0.15) is 18.1 Å². The third kappa shape index (κ3) is 4.75. The smallest absolute Gasteiger partial charge is 0.258 e. The van der Waals surface area contributed by atoms with Crippen LogP contribution in [0.5, 0.6) is 0 Å². The standard InChI is InChI=1S/C19H15BrF3N3S/c1-2-24-18-26(17(12-27-18)14-6-8-16(20)9-7-14)25-11-13-4-3-5-15(10-13)19(21,22)23/h3-12H,2H2,1H3. The maximum absolute atomic E-state index is 12.9. The number of aromatic nitrogens is 1. The van der Waals surface area contributed by atoms with Crippen molar-refractivity contribution in [3.8, 4) is 11.3 Å². The molecule has 27 heavy (non-hydrogen) atoms. The van der Waals surface area contributed by atoms with Crippen LogP contribution in [-0.4, -0.2) is 17.4 Å². The average molecular weight is 454 g/mol. The van der Waals surface area contributed by atoms with E-state index in [4.69, 9.17) is 0 Å². The van der Waals surface area contributed by atoms with Gasteiger partial charge in [-0.15, -0.1) is 11.3 Å². The lowest BCUT2D eigenvalue weighted by molar-refractivity contribution is -0.137. The molecular formula is C19H15BrF3N3S. The summed E-state index contributed by atoms with van der Waals surface area (Å²) in [6.07, 6.45) is -2.97. The Kier molecular flexibility index (Phi) is 5.96. The molecule has 0 aliphatic rings. The van der Waals surface area contributed by atoms with Crippen LogP contribution in [0.3, 0.4) is 0 Å². The van der Waals surface area contributed by atoms with Gasteiger partial charge in [-0.2, -0.15) is 18.3 Å². The van der Waals surface area contributed by atoms with E-state index >= 15 is 0 Å². The lowest BCUT2D eigenvalue weighted by Gasteiger charge is -2.07. The monoisotopic (exact) mass is 453 g/mol. The van der Waals surface area contributed by atoms with Crippen molar-refractivity contribution in [3.05, 3.63) is 74.3 Å². The second-order valence-corrected chi connectivity index (χ2v) is 7.32. The van der Waals surface area contributed by atoms with Crippen LogP contribution in [0.4, 0.5) is 13.2 Å². The molecule has 0 spiro atoms. The van der Waals surface area contributed by atoms with E-state index in [1.54, 1.807) is 10.7 Å². The van der Waals surface area contributed by atoms with Gasteiger partial charge in [-0.1, -0.05) is 40.2 Å². The number of nitrogens with zero attached hydrogens (tertiary/aromatic N) is 3. The fourth-order valence-corrected chi connectivity index (χ4v) is 3.56. The molecule has 1 aromatic heterocycles. The van der Waals surface area contributed by atoms with E-state index in [1.807, 2.05) is 36.6 Å². The van der Waals surface area contributed by atoms with Gasteiger partial charge >= 0.3 is 6.18 Å². The number of alkyl halides is 3. The number of hydrogen-bond acceptors (Lipinski definition) is 3. The van der Waals surface area contributed by atoms with Crippen LogP contribution < -0.4 is 4.80 Å². The summed E-state index contributed by atoms with van der Waals surface area (Å²) in [5, 5.41) is 6.34. The van der Waals surface area contributed by atoms with Crippen molar-refractivity contribution >= 4 is 33.5 Å². The highest BCUT2D eigenvalue weighted by Gasteiger charge is 2.30. The van der Waals surface area contributed by atoms with E-state index < -0.39 is 11.7 Å². The van der Waals surface area contributed by atoms with Crippen LogP contribution in [0.2, 0.25) is 0 Å². The van der Waals surface area contributed by atoms with E-state index in [2.05, 4.69) is 26.0 Å². The molecule has 8 heteroatoms. The van der Waals surface area contributed by atoms with Gasteiger partial charge in [0.25, 0.3) is 0 Å². The van der Waals surface area contributed by atoms with Crippen molar-refractivity contribution in [3.63, 3.8) is 0 Å². The fourth-order valence-electron chi connectivity index (χ4n) is 2.39. The summed E-state index contributed by atoms with van der Waals surface area (Å²) in [6.45, 7) is 2.50. The largest absolute Gasteiger partial charge is 0.416 e. The highest BCUT2D eigenvalue weighted by atomic mass is 79.9. The van der Waals surface area contributed by atoms with Gasteiger partial charge in [0.05, 0.1) is 17.5 Å². The molecule has 0 saturated carbocycles. The Morgan fingerprint density at radius 3 is 2.56 bits per heavy atom. The normalized spacial score (nSPS) is 12.9. The molecule has 0 fully saturated rings. The molecule has 0 atom stereocenters. The summed E-state index contributed by atoms with van der Waals surface area (Å²) in [4.78, 5) is 5.10. The first-order valence-corrected chi connectivity index (χ1v) is 9.74. The van der Waals surface area contributed by atoms with Gasteiger partial charge in [0.15, 0.2) is 0 Å². The van der Waals surface area contributed by atoms with Gasteiger partial charge < -0.3 is 0 Å². The number of benzene rings is 2. The molecule has 3 nitrogen and oxygen atoms in total. The second-order valence-electron chi connectivity index (χ2n) is 5.56. The lowest BCUT2D eigenvalue weighted by Crippen LogP contribution is -2.12. The molecule has 3 rings (SSSR count). The van der Waals surface area contributed by atoms with E-state index in [9.17, 15) is 13.2 Å². The van der Waals surface area contributed by atoms with E-state index in [0.29, 0.717) is 16.9 Å². The Labute approximate surface area is 166 Å². The minimum atomic E-state index is -4.38. The molecule has 1 heterocycles. The van der Waals surface area contributed by atoms with Gasteiger partial charge in [0, 0.05) is 22.0 Å². The van der Waals surface area contributed by atoms with Gasteiger partial charge in [-0.25, -0.2) is 4.68 Å². The van der Waals surface area contributed by atoms with E-state index in [1.165, 1.54) is 23.6 Å². The molecule has 0 bridgehead atoms. The molecule has 0 N–H and O–H groups in total. The van der Waals surface area contributed by atoms with Crippen LogP contribution in [0.15, 0.2) is 68.5 Å². The van der Waals surface area contributed by atoms with Gasteiger partial charge in [0.1, 0.15) is 0 Å². The maximum atomic E-state index is 12.9. The minimum absolute atomic E-state index is 0.368. The van der Waals surface area contributed by atoms with Crippen molar-refractivity contribution in [2.24, 2.45) is 10.1 Å². The first-order chi connectivity index (χ1) is 12.9. The zero-order valence-corrected chi connectivity index (χ0v) is 16.6. The molecular weight excluding hydrogens is 439 g/mol. The summed E-state index contributed by atoms with van der Waals surface area (Å²) in [7, 11) is 0. The Morgan fingerprint density at radius 2 is 1.89 bits per heavy atom. The molecule has 0 radical (unpaired) electrons. The van der Waals surface area contributed by atoms with Crippen molar-refractivity contribution in [2.75, 3.05) is 6.54 Å². The topological polar surface area (TPSA) is 29.6 Å². The molecule has 140 valence electrons. The maximum Gasteiger partial charge on any atom is 0.416 e. The summed E-state index contributed by atoms with van der Waals surface area (Å²) in [5.41, 5.74) is 1.43. The fraction of sp³-hybridized carbons (Fsp3) is 0.158. The Morgan fingerprint density at radius 1 is 1.15 bits per heavy atom. The van der Waals surface area contributed by atoms with E-state index in [0.717, 1.165) is 27.9 Å². The highest BCUT2D eigenvalue weighted by molar-refractivity contribution is 9.10. The van der Waals surface area contributed by atoms with Crippen LogP contribution in [-0.2, 0) is 6.18 Å². The lowest BCUT2D eigenvalue weighted by atomic mass is 10.1. The van der Waals surface area contributed by atoms with Gasteiger partial charge in [-0.3, -0.25) is 4.99 Å². The molecule has 0 aliphatic heterocycles. The predicted molar refractivity (Wildman–Crippen MR) is 106 cm³/mol. The number of rotatable bonds is 4. The Hall–Kier alpha value is -2.19. The van der Waals surface area contributed by atoms with Crippen LogP contribution >= 0.6 is 27.3 Å². The summed E-state index contributed by atoms with van der Waals surface area (Å²) >= 11 is 4.84. The summed E-state index contributed by atoms with van der Waals surface area (Å²) in [6, 6.07) is 12.8. The second kappa shape index (κ2) is 8.22. The van der Waals surface area contributed by atoms with Crippen molar-refractivity contribution in [1.82, 2.24) is 4.68 Å².